The SMILES string of the molecule is CCOc1ccccc1CN1CC[C@H](CO)[C@H](NC(=O)C2CC2)C1. The molecule has 24 heavy (non-hydrogen) atoms. The third-order valence-electron chi connectivity index (χ3n) is 5.02. The molecule has 5 heteroatoms. The summed E-state index contributed by atoms with van der Waals surface area (Å²) in [6, 6.07) is 8.17. The van der Waals surface area contributed by atoms with Crippen LogP contribution in [-0.4, -0.2) is 48.3 Å². The lowest BCUT2D eigenvalue weighted by Gasteiger charge is -2.38. The molecule has 2 aliphatic rings. The van der Waals surface area contributed by atoms with Gasteiger partial charge < -0.3 is 15.2 Å². The Bertz CT molecular complexity index is 559. The normalized spacial score (nSPS) is 24.6. The van der Waals surface area contributed by atoms with Crippen LogP contribution in [0.25, 0.3) is 0 Å². The summed E-state index contributed by atoms with van der Waals surface area (Å²) in [7, 11) is 0. The molecule has 1 saturated carbocycles. The average Bonchev–Trinajstić information content (AvgIpc) is 3.42. The number of benzene rings is 1. The largest absolute Gasteiger partial charge is 0.494 e. The van der Waals surface area contributed by atoms with Crippen molar-refractivity contribution in [3.8, 4) is 5.75 Å². The molecule has 1 aliphatic heterocycles. The molecule has 1 heterocycles. The molecule has 1 aliphatic carbocycles. The number of amides is 1. The monoisotopic (exact) mass is 332 g/mol. The van der Waals surface area contributed by atoms with Gasteiger partial charge in [-0.1, -0.05) is 18.2 Å². The number of hydrogen-bond donors (Lipinski definition) is 2. The van der Waals surface area contributed by atoms with Crippen molar-refractivity contribution < 1.29 is 14.6 Å². The molecule has 132 valence electrons. The van der Waals surface area contributed by atoms with Crippen LogP contribution in [0.1, 0.15) is 31.7 Å². The molecule has 1 saturated heterocycles. The first kappa shape index (κ1) is 17.2. The molecular weight excluding hydrogens is 304 g/mol. The summed E-state index contributed by atoms with van der Waals surface area (Å²) in [5.41, 5.74) is 1.18. The van der Waals surface area contributed by atoms with Crippen LogP contribution in [0.4, 0.5) is 0 Å². The van der Waals surface area contributed by atoms with Gasteiger partial charge in [0.25, 0.3) is 0 Å². The first-order chi connectivity index (χ1) is 11.7. The van der Waals surface area contributed by atoms with Gasteiger partial charge in [0, 0.05) is 43.1 Å². The van der Waals surface area contributed by atoms with E-state index in [2.05, 4.69) is 16.3 Å². The van der Waals surface area contributed by atoms with E-state index in [1.165, 1.54) is 5.56 Å². The number of likely N-dealkylation sites (tertiary alicyclic amines) is 1. The number of aliphatic hydroxyl groups excluding tert-OH is 1. The first-order valence-electron chi connectivity index (χ1n) is 9.05. The predicted molar refractivity (Wildman–Crippen MR) is 92.7 cm³/mol. The summed E-state index contributed by atoms with van der Waals surface area (Å²) >= 11 is 0. The highest BCUT2D eigenvalue weighted by Gasteiger charge is 2.35. The third-order valence-corrected chi connectivity index (χ3v) is 5.02. The van der Waals surface area contributed by atoms with Crippen molar-refractivity contribution in [2.24, 2.45) is 11.8 Å². The molecular formula is C19H28N2O3. The third kappa shape index (κ3) is 4.28. The molecule has 0 radical (unpaired) electrons. The fourth-order valence-electron chi connectivity index (χ4n) is 3.41. The van der Waals surface area contributed by atoms with Crippen molar-refractivity contribution in [1.82, 2.24) is 10.2 Å². The smallest absolute Gasteiger partial charge is 0.223 e. The average molecular weight is 332 g/mol. The highest BCUT2D eigenvalue weighted by molar-refractivity contribution is 5.81. The quantitative estimate of drug-likeness (QED) is 0.799. The molecule has 0 aromatic heterocycles. The summed E-state index contributed by atoms with van der Waals surface area (Å²) in [6.07, 6.45) is 2.92. The Balaban J connectivity index is 1.63. The zero-order chi connectivity index (χ0) is 16.9. The number of aliphatic hydroxyl groups is 1. The molecule has 0 bridgehead atoms. The second-order valence-electron chi connectivity index (χ2n) is 6.90. The Hall–Kier alpha value is -1.59. The Morgan fingerprint density at radius 3 is 2.83 bits per heavy atom. The van der Waals surface area contributed by atoms with E-state index in [-0.39, 0.29) is 30.4 Å². The van der Waals surface area contributed by atoms with Gasteiger partial charge in [0.05, 0.1) is 6.61 Å². The number of nitrogens with one attached hydrogen (secondary N) is 1. The molecule has 2 atom stereocenters. The maximum Gasteiger partial charge on any atom is 0.223 e. The second-order valence-corrected chi connectivity index (χ2v) is 6.90. The summed E-state index contributed by atoms with van der Waals surface area (Å²) in [5.74, 6) is 1.46. The summed E-state index contributed by atoms with van der Waals surface area (Å²) in [5, 5.41) is 12.8. The van der Waals surface area contributed by atoms with E-state index in [1.54, 1.807) is 0 Å². The lowest BCUT2D eigenvalue weighted by molar-refractivity contribution is -0.124. The maximum absolute atomic E-state index is 12.1. The van der Waals surface area contributed by atoms with Gasteiger partial charge >= 0.3 is 0 Å². The van der Waals surface area contributed by atoms with Crippen LogP contribution in [0.5, 0.6) is 5.75 Å². The molecule has 1 aromatic carbocycles. The van der Waals surface area contributed by atoms with Crippen LogP contribution in [0, 0.1) is 11.8 Å². The van der Waals surface area contributed by atoms with Gasteiger partial charge in [-0.05, 0) is 38.8 Å². The lowest BCUT2D eigenvalue weighted by Crippen LogP contribution is -2.53. The van der Waals surface area contributed by atoms with Gasteiger partial charge in [-0.2, -0.15) is 0 Å². The van der Waals surface area contributed by atoms with E-state index < -0.39 is 0 Å². The van der Waals surface area contributed by atoms with Crippen molar-refractivity contribution in [1.29, 1.82) is 0 Å². The van der Waals surface area contributed by atoms with E-state index in [9.17, 15) is 9.90 Å². The molecule has 1 amide bonds. The molecule has 0 spiro atoms. The van der Waals surface area contributed by atoms with Crippen molar-refractivity contribution in [2.45, 2.75) is 38.8 Å². The summed E-state index contributed by atoms with van der Waals surface area (Å²) in [6.45, 7) is 5.31. The highest BCUT2D eigenvalue weighted by atomic mass is 16.5. The summed E-state index contributed by atoms with van der Waals surface area (Å²) < 4.78 is 5.72. The topological polar surface area (TPSA) is 61.8 Å². The van der Waals surface area contributed by atoms with Gasteiger partial charge in [0.1, 0.15) is 5.75 Å². The van der Waals surface area contributed by atoms with E-state index in [1.807, 2.05) is 25.1 Å². The minimum absolute atomic E-state index is 0.0381. The zero-order valence-corrected chi connectivity index (χ0v) is 14.4. The number of para-hydroxylation sites is 1. The Labute approximate surface area is 144 Å². The van der Waals surface area contributed by atoms with Gasteiger partial charge in [0.15, 0.2) is 0 Å². The van der Waals surface area contributed by atoms with Crippen LogP contribution >= 0.6 is 0 Å². The number of carbonyl (C=O) groups is 1. The molecule has 1 aromatic rings. The zero-order valence-electron chi connectivity index (χ0n) is 14.4. The number of nitrogens with zero attached hydrogens (tertiary/aromatic N) is 1. The predicted octanol–water partition coefficient (Wildman–Crippen LogP) is 1.79. The molecule has 0 unspecified atom stereocenters. The molecule has 2 fully saturated rings. The minimum Gasteiger partial charge on any atom is -0.494 e. The van der Waals surface area contributed by atoms with E-state index in [0.29, 0.717) is 6.61 Å². The second kappa shape index (κ2) is 7.99. The van der Waals surface area contributed by atoms with E-state index in [0.717, 1.165) is 44.6 Å². The van der Waals surface area contributed by atoms with Crippen molar-refractivity contribution in [3.63, 3.8) is 0 Å². The lowest BCUT2D eigenvalue weighted by atomic mass is 9.91. The van der Waals surface area contributed by atoms with Crippen LogP contribution in [-0.2, 0) is 11.3 Å². The number of rotatable bonds is 7. The van der Waals surface area contributed by atoms with Crippen molar-refractivity contribution in [2.75, 3.05) is 26.3 Å². The van der Waals surface area contributed by atoms with Gasteiger partial charge in [-0.25, -0.2) is 0 Å². The Kier molecular flexibility index (Phi) is 5.74. The van der Waals surface area contributed by atoms with Gasteiger partial charge in [-0.15, -0.1) is 0 Å². The van der Waals surface area contributed by atoms with Crippen molar-refractivity contribution in [3.05, 3.63) is 29.8 Å². The fourth-order valence-corrected chi connectivity index (χ4v) is 3.41. The van der Waals surface area contributed by atoms with E-state index >= 15 is 0 Å². The number of carbonyl (C=O) groups excluding carboxylic acids is 1. The number of hydrogen-bond acceptors (Lipinski definition) is 4. The fraction of sp³-hybridized carbons (Fsp3) is 0.632. The Morgan fingerprint density at radius 1 is 1.33 bits per heavy atom. The molecule has 3 rings (SSSR count). The van der Waals surface area contributed by atoms with Crippen LogP contribution < -0.4 is 10.1 Å². The van der Waals surface area contributed by atoms with Crippen LogP contribution in [0.2, 0.25) is 0 Å². The van der Waals surface area contributed by atoms with Gasteiger partial charge in [-0.3, -0.25) is 9.69 Å². The standard InChI is InChI=1S/C19H28N2O3/c1-2-24-18-6-4-3-5-15(18)11-21-10-9-16(13-22)17(12-21)20-19(23)14-7-8-14/h3-6,14,16-17,22H,2,7-13H2,1H3,(H,20,23)/t16-,17-/m1/s1. The maximum atomic E-state index is 12.1. The summed E-state index contributed by atoms with van der Waals surface area (Å²) in [4.78, 5) is 14.5. The highest BCUT2D eigenvalue weighted by Crippen LogP contribution is 2.30. The number of ether oxygens (including phenoxy) is 1. The van der Waals surface area contributed by atoms with Crippen LogP contribution in [0.3, 0.4) is 0 Å². The molecule has 5 nitrogen and oxygen atoms in total. The Morgan fingerprint density at radius 2 is 2.12 bits per heavy atom. The van der Waals surface area contributed by atoms with Gasteiger partial charge in [0.2, 0.25) is 5.91 Å². The first-order valence-corrected chi connectivity index (χ1v) is 9.05. The molecule has 2 N–H and O–H groups in total. The van der Waals surface area contributed by atoms with Crippen LogP contribution in [0.15, 0.2) is 24.3 Å². The van der Waals surface area contributed by atoms with E-state index in [4.69, 9.17) is 4.74 Å². The number of piperidine rings is 1. The minimum atomic E-state index is 0.0381. The van der Waals surface area contributed by atoms with Crippen molar-refractivity contribution >= 4 is 5.91 Å².